The normalized spacial score (nSPS) is 11.1. The molecule has 0 saturated heterocycles. The summed E-state index contributed by atoms with van der Waals surface area (Å²) in [6, 6.07) is 23.7. The summed E-state index contributed by atoms with van der Waals surface area (Å²) in [5.41, 5.74) is 1.51. The smallest absolute Gasteiger partial charge is 0.269 e. The number of rotatable bonds is 7. The number of nitrogens with one attached hydrogen (secondary N) is 1. The average Bonchev–Trinajstić information content (AvgIpc) is 2.88. The molecule has 7 nitrogen and oxygen atoms in total. The van der Waals surface area contributed by atoms with Crippen LogP contribution < -0.4 is 10.1 Å². The number of hydrogen-bond acceptors (Lipinski definition) is 5. The standard InChI is InChI=1S/C27H17Cl2N3O4/c28-24-11-8-20(14-25(24)29)31-27(33)19(15-30)13-23-22-4-2-1-3-18(22)7-12-26(23)36-16-17-5-9-21(10-6-17)32(34)35/h1-14H,16H2,(H,31,33)/b19-13+. The first-order chi connectivity index (χ1) is 17.4. The summed E-state index contributed by atoms with van der Waals surface area (Å²) < 4.78 is 6.02. The van der Waals surface area contributed by atoms with Crippen molar-refractivity contribution in [3.05, 3.63) is 116 Å². The van der Waals surface area contributed by atoms with E-state index in [1.807, 2.05) is 36.4 Å². The number of carbonyl (C=O) groups excluding carboxylic acids is 1. The molecule has 0 aromatic heterocycles. The van der Waals surface area contributed by atoms with Gasteiger partial charge in [0.2, 0.25) is 0 Å². The fraction of sp³-hybridized carbons (Fsp3) is 0.0370. The summed E-state index contributed by atoms with van der Waals surface area (Å²) in [6.45, 7) is 0.133. The van der Waals surface area contributed by atoms with Gasteiger partial charge in [-0.1, -0.05) is 53.5 Å². The molecule has 0 aliphatic rings. The minimum Gasteiger partial charge on any atom is -0.488 e. The second-order valence-electron chi connectivity index (χ2n) is 7.66. The van der Waals surface area contributed by atoms with Crippen LogP contribution in [0.15, 0.2) is 84.4 Å². The van der Waals surface area contributed by atoms with E-state index in [1.54, 1.807) is 30.3 Å². The van der Waals surface area contributed by atoms with Crippen LogP contribution in [0.3, 0.4) is 0 Å². The van der Waals surface area contributed by atoms with Gasteiger partial charge >= 0.3 is 0 Å². The van der Waals surface area contributed by atoms with Crippen LogP contribution in [0.4, 0.5) is 11.4 Å². The highest BCUT2D eigenvalue weighted by Crippen LogP contribution is 2.31. The van der Waals surface area contributed by atoms with Crippen LogP contribution in [0.2, 0.25) is 10.0 Å². The Balaban J connectivity index is 1.66. The van der Waals surface area contributed by atoms with Gasteiger partial charge < -0.3 is 10.1 Å². The summed E-state index contributed by atoms with van der Waals surface area (Å²) in [7, 11) is 0. The number of carbonyl (C=O) groups is 1. The number of halogens is 2. The first-order valence-electron chi connectivity index (χ1n) is 10.6. The number of anilines is 1. The quantitative estimate of drug-likeness (QED) is 0.121. The Morgan fingerprint density at radius 2 is 1.78 bits per heavy atom. The van der Waals surface area contributed by atoms with E-state index in [9.17, 15) is 20.2 Å². The van der Waals surface area contributed by atoms with Gasteiger partial charge in [-0.3, -0.25) is 14.9 Å². The molecule has 0 fully saturated rings. The first kappa shape index (κ1) is 24.7. The van der Waals surface area contributed by atoms with E-state index in [1.165, 1.54) is 24.3 Å². The zero-order valence-corrected chi connectivity index (χ0v) is 20.1. The van der Waals surface area contributed by atoms with Crippen LogP contribution in [-0.4, -0.2) is 10.8 Å². The molecule has 0 heterocycles. The monoisotopic (exact) mass is 517 g/mol. The Morgan fingerprint density at radius 1 is 1.03 bits per heavy atom. The molecule has 9 heteroatoms. The first-order valence-corrected chi connectivity index (χ1v) is 11.4. The summed E-state index contributed by atoms with van der Waals surface area (Å²) >= 11 is 12.0. The summed E-state index contributed by atoms with van der Waals surface area (Å²) in [4.78, 5) is 23.3. The molecular weight excluding hydrogens is 501 g/mol. The fourth-order valence-corrected chi connectivity index (χ4v) is 3.79. The van der Waals surface area contributed by atoms with E-state index in [0.717, 1.165) is 16.3 Å². The molecule has 0 saturated carbocycles. The molecule has 0 radical (unpaired) electrons. The van der Waals surface area contributed by atoms with Crippen molar-refractivity contribution in [3.63, 3.8) is 0 Å². The van der Waals surface area contributed by atoms with Crippen molar-refractivity contribution in [2.24, 2.45) is 0 Å². The second-order valence-corrected chi connectivity index (χ2v) is 8.48. The molecule has 0 bridgehead atoms. The SMILES string of the molecule is N#C/C(=C\c1c(OCc2ccc([N+](=O)[O-])cc2)ccc2ccccc12)C(=O)Nc1ccc(Cl)c(Cl)c1. The van der Waals surface area contributed by atoms with Gasteiger partial charge in [0.05, 0.1) is 15.0 Å². The number of nitrogens with zero attached hydrogens (tertiary/aromatic N) is 2. The lowest BCUT2D eigenvalue weighted by atomic mass is 10.0. The van der Waals surface area contributed by atoms with E-state index < -0.39 is 10.8 Å². The fourth-order valence-electron chi connectivity index (χ4n) is 3.49. The second kappa shape index (κ2) is 10.9. The Bertz CT molecular complexity index is 1540. The zero-order chi connectivity index (χ0) is 25.7. The van der Waals surface area contributed by atoms with E-state index in [0.29, 0.717) is 22.0 Å². The van der Waals surface area contributed by atoms with Crippen LogP contribution in [0, 0.1) is 21.4 Å². The third-order valence-electron chi connectivity index (χ3n) is 5.30. The van der Waals surface area contributed by atoms with Crippen molar-refractivity contribution in [1.29, 1.82) is 5.26 Å². The van der Waals surface area contributed by atoms with Crippen molar-refractivity contribution in [2.75, 3.05) is 5.32 Å². The summed E-state index contributed by atoms with van der Waals surface area (Å²) in [5, 5.41) is 25.6. The maximum absolute atomic E-state index is 12.9. The molecule has 36 heavy (non-hydrogen) atoms. The number of nitro groups is 1. The van der Waals surface area contributed by atoms with Crippen molar-refractivity contribution < 1.29 is 14.5 Å². The summed E-state index contributed by atoms with van der Waals surface area (Å²) in [6.07, 6.45) is 1.47. The van der Waals surface area contributed by atoms with E-state index in [4.69, 9.17) is 27.9 Å². The molecule has 4 aromatic carbocycles. The number of non-ortho nitro benzene ring substituents is 1. The van der Waals surface area contributed by atoms with Crippen molar-refractivity contribution in [1.82, 2.24) is 0 Å². The van der Waals surface area contributed by atoms with Gasteiger partial charge in [-0.2, -0.15) is 5.26 Å². The third-order valence-corrected chi connectivity index (χ3v) is 6.04. The molecule has 1 amide bonds. The van der Waals surface area contributed by atoms with E-state index in [2.05, 4.69) is 5.32 Å². The lowest BCUT2D eigenvalue weighted by Gasteiger charge is -2.13. The van der Waals surface area contributed by atoms with Crippen LogP contribution in [-0.2, 0) is 11.4 Å². The minimum atomic E-state index is -0.620. The van der Waals surface area contributed by atoms with Gasteiger partial charge in [0.15, 0.2) is 0 Å². The van der Waals surface area contributed by atoms with Crippen LogP contribution in [0.1, 0.15) is 11.1 Å². The third kappa shape index (κ3) is 5.63. The van der Waals surface area contributed by atoms with Gasteiger partial charge in [0.1, 0.15) is 24.0 Å². The molecule has 0 aliphatic carbocycles. The molecule has 0 spiro atoms. The predicted molar refractivity (Wildman–Crippen MR) is 140 cm³/mol. The number of ether oxygens (including phenoxy) is 1. The average molecular weight is 518 g/mol. The number of nitro benzene ring substituents is 1. The molecule has 0 atom stereocenters. The highest BCUT2D eigenvalue weighted by Gasteiger charge is 2.15. The lowest BCUT2D eigenvalue weighted by molar-refractivity contribution is -0.384. The minimum absolute atomic E-state index is 0.0141. The predicted octanol–water partition coefficient (Wildman–Crippen LogP) is 7.18. The number of benzene rings is 4. The molecule has 1 N–H and O–H groups in total. The van der Waals surface area contributed by atoms with Gasteiger partial charge in [-0.25, -0.2) is 0 Å². The highest BCUT2D eigenvalue weighted by atomic mass is 35.5. The topological polar surface area (TPSA) is 105 Å². The molecule has 0 aliphatic heterocycles. The Hall–Kier alpha value is -4.38. The number of nitriles is 1. The Morgan fingerprint density at radius 3 is 2.47 bits per heavy atom. The van der Waals surface area contributed by atoms with Gasteiger partial charge in [0.25, 0.3) is 11.6 Å². The lowest BCUT2D eigenvalue weighted by Crippen LogP contribution is -2.13. The van der Waals surface area contributed by atoms with E-state index >= 15 is 0 Å². The molecule has 4 rings (SSSR count). The number of fused-ring (bicyclic) bond motifs is 1. The number of amides is 1. The van der Waals surface area contributed by atoms with Crippen molar-refractivity contribution in [3.8, 4) is 11.8 Å². The van der Waals surface area contributed by atoms with Gasteiger partial charge in [-0.15, -0.1) is 0 Å². The number of hydrogen-bond donors (Lipinski definition) is 1. The van der Waals surface area contributed by atoms with Crippen molar-refractivity contribution in [2.45, 2.75) is 6.61 Å². The Labute approximate surface area is 216 Å². The maximum atomic E-state index is 12.9. The summed E-state index contributed by atoms with van der Waals surface area (Å²) in [5.74, 6) is -0.174. The van der Waals surface area contributed by atoms with Crippen molar-refractivity contribution >= 4 is 57.3 Å². The Kier molecular flexibility index (Phi) is 7.50. The van der Waals surface area contributed by atoms with E-state index in [-0.39, 0.29) is 22.9 Å². The zero-order valence-electron chi connectivity index (χ0n) is 18.6. The highest BCUT2D eigenvalue weighted by molar-refractivity contribution is 6.42. The van der Waals surface area contributed by atoms with Gasteiger partial charge in [0, 0.05) is 23.4 Å². The van der Waals surface area contributed by atoms with Gasteiger partial charge in [-0.05, 0) is 58.8 Å². The van der Waals surface area contributed by atoms with Crippen LogP contribution in [0.25, 0.3) is 16.8 Å². The molecular formula is C27H17Cl2N3O4. The van der Waals surface area contributed by atoms with Crippen LogP contribution >= 0.6 is 23.2 Å². The molecule has 0 unspecified atom stereocenters. The molecule has 178 valence electrons. The maximum Gasteiger partial charge on any atom is 0.269 e. The largest absolute Gasteiger partial charge is 0.488 e. The van der Waals surface area contributed by atoms with Crippen LogP contribution in [0.5, 0.6) is 5.75 Å². The molecule has 4 aromatic rings.